The average molecular weight is 291 g/mol. The maximum absolute atomic E-state index is 11.8. The number of hydrogen-bond acceptors (Lipinski definition) is 3. The van der Waals surface area contributed by atoms with Crippen molar-refractivity contribution < 1.29 is 19.4 Å². The Morgan fingerprint density at radius 2 is 2.19 bits per heavy atom. The number of aliphatic carboxylic acids is 1. The molecule has 114 valence electrons. The first-order valence-corrected chi connectivity index (χ1v) is 7.26. The van der Waals surface area contributed by atoms with Crippen molar-refractivity contribution in [3.63, 3.8) is 0 Å². The highest BCUT2D eigenvalue weighted by Gasteiger charge is 2.30. The summed E-state index contributed by atoms with van der Waals surface area (Å²) in [5, 5.41) is 11.8. The second kappa shape index (κ2) is 7.11. The molecular weight excluding hydrogens is 270 g/mol. The number of aryl methyl sites for hydroxylation is 1. The molecule has 0 radical (unpaired) electrons. The molecule has 0 heterocycles. The molecule has 0 saturated heterocycles. The Morgan fingerprint density at radius 3 is 2.86 bits per heavy atom. The molecule has 1 amide bonds. The van der Waals surface area contributed by atoms with Gasteiger partial charge in [-0.2, -0.15) is 0 Å². The fourth-order valence-corrected chi connectivity index (χ4v) is 2.60. The van der Waals surface area contributed by atoms with Crippen LogP contribution in [0.4, 0.5) is 0 Å². The van der Waals surface area contributed by atoms with Crippen LogP contribution in [0.3, 0.4) is 0 Å². The van der Waals surface area contributed by atoms with Gasteiger partial charge in [0.25, 0.3) is 0 Å². The molecule has 0 aliphatic heterocycles. The Morgan fingerprint density at radius 1 is 1.38 bits per heavy atom. The highest BCUT2D eigenvalue weighted by atomic mass is 16.5. The molecule has 21 heavy (non-hydrogen) atoms. The lowest BCUT2D eigenvalue weighted by atomic mass is 10.1. The Balaban J connectivity index is 1.67. The second-order valence-electron chi connectivity index (χ2n) is 5.53. The summed E-state index contributed by atoms with van der Waals surface area (Å²) in [6.45, 7) is 2.31. The summed E-state index contributed by atoms with van der Waals surface area (Å²) in [4.78, 5) is 22.7. The number of hydrogen-bond donors (Lipinski definition) is 2. The zero-order chi connectivity index (χ0) is 15.2. The van der Waals surface area contributed by atoms with Gasteiger partial charge in [-0.25, -0.2) is 0 Å². The molecular formula is C16H21NO4. The molecule has 1 aliphatic carbocycles. The van der Waals surface area contributed by atoms with Crippen molar-refractivity contribution in [2.45, 2.75) is 38.6 Å². The lowest BCUT2D eigenvalue weighted by molar-refractivity contribution is -0.141. The Kier molecular flexibility index (Phi) is 5.20. The summed E-state index contributed by atoms with van der Waals surface area (Å²) >= 11 is 0. The number of carboxylic acids is 1. The minimum atomic E-state index is -0.769. The van der Waals surface area contributed by atoms with Crippen LogP contribution in [0.25, 0.3) is 0 Å². The number of rotatable bonds is 6. The molecule has 0 bridgehead atoms. The highest BCUT2D eigenvalue weighted by Crippen LogP contribution is 2.25. The number of nitrogens with one attached hydrogen (secondary N) is 1. The minimum absolute atomic E-state index is 0.0161. The molecule has 2 rings (SSSR count). The molecule has 2 N–H and O–H groups in total. The third-order valence-electron chi connectivity index (χ3n) is 3.73. The van der Waals surface area contributed by atoms with E-state index in [-0.39, 0.29) is 24.3 Å². The van der Waals surface area contributed by atoms with Crippen molar-refractivity contribution >= 4 is 11.9 Å². The van der Waals surface area contributed by atoms with Gasteiger partial charge in [0.1, 0.15) is 5.75 Å². The highest BCUT2D eigenvalue weighted by molar-refractivity contribution is 5.77. The Labute approximate surface area is 124 Å². The molecule has 1 aromatic rings. The lowest BCUT2D eigenvalue weighted by Crippen LogP contribution is -2.34. The molecule has 1 aliphatic rings. The van der Waals surface area contributed by atoms with Gasteiger partial charge in [-0.3, -0.25) is 9.59 Å². The van der Waals surface area contributed by atoms with E-state index >= 15 is 0 Å². The van der Waals surface area contributed by atoms with E-state index in [0.717, 1.165) is 17.7 Å². The van der Waals surface area contributed by atoms with Gasteiger partial charge in [0.15, 0.2) is 0 Å². The molecule has 5 heteroatoms. The maximum atomic E-state index is 11.8. The van der Waals surface area contributed by atoms with Crippen LogP contribution in [0.5, 0.6) is 5.75 Å². The van der Waals surface area contributed by atoms with Crippen LogP contribution in [0.2, 0.25) is 0 Å². The number of carboxylic acid groups (broad SMARTS) is 1. The Hall–Kier alpha value is -2.04. The normalized spacial score (nSPS) is 21.0. The van der Waals surface area contributed by atoms with E-state index in [1.165, 1.54) is 0 Å². The summed E-state index contributed by atoms with van der Waals surface area (Å²) in [7, 11) is 0. The van der Waals surface area contributed by atoms with Crippen molar-refractivity contribution in [3.8, 4) is 5.75 Å². The summed E-state index contributed by atoms with van der Waals surface area (Å²) in [6, 6.07) is 7.66. The number of ether oxygens (including phenoxy) is 1. The first-order chi connectivity index (χ1) is 10.0. The van der Waals surface area contributed by atoms with Crippen LogP contribution >= 0.6 is 0 Å². The number of carbonyl (C=O) groups is 2. The molecule has 0 aromatic heterocycles. The fraction of sp³-hybridized carbons (Fsp3) is 0.500. The van der Waals surface area contributed by atoms with E-state index in [4.69, 9.17) is 9.84 Å². The second-order valence-corrected chi connectivity index (χ2v) is 5.53. The van der Waals surface area contributed by atoms with E-state index in [2.05, 4.69) is 5.32 Å². The molecule has 0 spiro atoms. The molecule has 1 fully saturated rings. The zero-order valence-corrected chi connectivity index (χ0v) is 12.2. The Bertz CT molecular complexity index is 515. The minimum Gasteiger partial charge on any atom is -0.493 e. The van der Waals surface area contributed by atoms with Gasteiger partial charge in [-0.05, 0) is 43.9 Å². The van der Waals surface area contributed by atoms with Gasteiger partial charge in [0.05, 0.1) is 18.9 Å². The molecule has 2 atom stereocenters. The summed E-state index contributed by atoms with van der Waals surface area (Å²) in [5.41, 5.74) is 1.11. The van der Waals surface area contributed by atoms with Gasteiger partial charge in [-0.1, -0.05) is 12.1 Å². The standard InChI is InChI=1S/C16H21NO4/c1-11-3-2-4-14(9-11)21-8-7-15(18)17-13-6-5-12(10-13)16(19)20/h2-4,9,12-13H,5-8,10H2,1H3,(H,17,18)(H,19,20). The van der Waals surface area contributed by atoms with Crippen molar-refractivity contribution in [2.75, 3.05) is 6.61 Å². The first kappa shape index (κ1) is 15.4. The van der Waals surface area contributed by atoms with Gasteiger partial charge < -0.3 is 15.2 Å². The van der Waals surface area contributed by atoms with Crippen LogP contribution < -0.4 is 10.1 Å². The van der Waals surface area contributed by atoms with Crippen molar-refractivity contribution in [3.05, 3.63) is 29.8 Å². The van der Waals surface area contributed by atoms with Crippen LogP contribution in [0, 0.1) is 12.8 Å². The molecule has 2 unspecified atom stereocenters. The zero-order valence-electron chi connectivity index (χ0n) is 12.2. The van der Waals surface area contributed by atoms with Crippen molar-refractivity contribution in [1.82, 2.24) is 5.32 Å². The number of amides is 1. The monoisotopic (exact) mass is 291 g/mol. The average Bonchev–Trinajstić information content (AvgIpc) is 2.87. The number of carbonyl (C=O) groups excluding carboxylic acids is 1. The van der Waals surface area contributed by atoms with Crippen molar-refractivity contribution in [1.29, 1.82) is 0 Å². The van der Waals surface area contributed by atoms with E-state index < -0.39 is 5.97 Å². The molecule has 1 aromatic carbocycles. The largest absolute Gasteiger partial charge is 0.493 e. The fourth-order valence-electron chi connectivity index (χ4n) is 2.60. The van der Waals surface area contributed by atoms with E-state index in [1.54, 1.807) is 0 Å². The summed E-state index contributed by atoms with van der Waals surface area (Å²) < 4.78 is 5.53. The lowest BCUT2D eigenvalue weighted by Gasteiger charge is -2.13. The SMILES string of the molecule is Cc1cccc(OCCC(=O)NC2CCC(C(=O)O)C2)c1. The topological polar surface area (TPSA) is 75.6 Å². The first-order valence-electron chi connectivity index (χ1n) is 7.26. The quantitative estimate of drug-likeness (QED) is 0.842. The van der Waals surface area contributed by atoms with Gasteiger partial charge in [-0.15, -0.1) is 0 Å². The van der Waals surface area contributed by atoms with E-state index in [9.17, 15) is 9.59 Å². The van der Waals surface area contributed by atoms with Gasteiger partial charge >= 0.3 is 5.97 Å². The van der Waals surface area contributed by atoms with Crippen LogP contribution in [-0.2, 0) is 9.59 Å². The van der Waals surface area contributed by atoms with Gasteiger partial charge in [0, 0.05) is 6.04 Å². The summed E-state index contributed by atoms with van der Waals surface area (Å²) in [6.07, 6.45) is 2.18. The van der Waals surface area contributed by atoms with Crippen LogP contribution in [-0.4, -0.2) is 29.6 Å². The maximum Gasteiger partial charge on any atom is 0.306 e. The summed E-state index contributed by atoms with van der Waals surface area (Å²) in [5.74, 6) is -0.415. The van der Waals surface area contributed by atoms with Crippen LogP contribution in [0.1, 0.15) is 31.2 Å². The smallest absolute Gasteiger partial charge is 0.306 e. The molecule has 1 saturated carbocycles. The van der Waals surface area contributed by atoms with E-state index in [0.29, 0.717) is 19.4 Å². The predicted molar refractivity (Wildman–Crippen MR) is 78.2 cm³/mol. The molecule has 5 nitrogen and oxygen atoms in total. The third-order valence-corrected chi connectivity index (χ3v) is 3.73. The third kappa shape index (κ3) is 4.77. The number of benzene rings is 1. The van der Waals surface area contributed by atoms with Crippen molar-refractivity contribution in [2.24, 2.45) is 5.92 Å². The predicted octanol–water partition coefficient (Wildman–Crippen LogP) is 2.13. The van der Waals surface area contributed by atoms with E-state index in [1.807, 2.05) is 31.2 Å². The van der Waals surface area contributed by atoms with Gasteiger partial charge in [0.2, 0.25) is 5.91 Å². The van der Waals surface area contributed by atoms with Crippen LogP contribution in [0.15, 0.2) is 24.3 Å².